The minimum Gasteiger partial charge on any atom is -0.354 e. The molecule has 3 heterocycles. The number of amides is 2. The third-order valence-electron chi connectivity index (χ3n) is 7.13. The van der Waals surface area contributed by atoms with E-state index in [0.717, 1.165) is 16.5 Å². The Morgan fingerprint density at radius 2 is 1.97 bits per heavy atom. The number of hydrogen-bond donors (Lipinski definition) is 2. The summed E-state index contributed by atoms with van der Waals surface area (Å²) in [6, 6.07) is 15.9. The fraction of sp³-hybridized carbons (Fsp3) is 0.321. The molecule has 2 fully saturated rings. The van der Waals surface area contributed by atoms with E-state index in [2.05, 4.69) is 22.2 Å². The second-order valence-electron chi connectivity index (χ2n) is 9.58. The molecule has 10 heteroatoms. The highest BCUT2D eigenvalue weighted by Gasteiger charge is 2.42. The Bertz CT molecular complexity index is 1460. The van der Waals surface area contributed by atoms with Gasteiger partial charge in [0.05, 0.1) is 16.5 Å². The lowest BCUT2D eigenvalue weighted by atomic mass is 9.94. The summed E-state index contributed by atoms with van der Waals surface area (Å²) in [6.07, 6.45) is 4.18. The van der Waals surface area contributed by atoms with Crippen LogP contribution in [-0.2, 0) is 26.0 Å². The average molecular weight is 535 g/mol. The van der Waals surface area contributed by atoms with Crippen LogP contribution >= 0.6 is 0 Å². The molecule has 0 radical (unpaired) electrons. The molecule has 5 rings (SSSR count). The summed E-state index contributed by atoms with van der Waals surface area (Å²) in [6.45, 7) is 4.49. The van der Waals surface area contributed by atoms with E-state index < -0.39 is 16.3 Å². The van der Waals surface area contributed by atoms with Gasteiger partial charge in [-0.3, -0.25) is 14.6 Å². The van der Waals surface area contributed by atoms with E-state index >= 15 is 0 Å². The Kier molecular flexibility index (Phi) is 7.55. The largest absolute Gasteiger partial charge is 0.354 e. The lowest BCUT2D eigenvalue weighted by Gasteiger charge is -2.33. The first kappa shape index (κ1) is 26.0. The predicted octanol–water partition coefficient (Wildman–Crippen LogP) is 2.64. The van der Waals surface area contributed by atoms with Crippen LogP contribution in [0.4, 0.5) is 0 Å². The Morgan fingerprint density at radius 3 is 2.76 bits per heavy atom. The zero-order valence-corrected chi connectivity index (χ0v) is 21.7. The first-order valence-corrected chi connectivity index (χ1v) is 14.1. The Morgan fingerprint density at radius 1 is 1.16 bits per heavy atom. The van der Waals surface area contributed by atoms with Gasteiger partial charge in [-0.25, -0.2) is 8.42 Å². The number of nitrogens with zero attached hydrogens (tertiary/aromatic N) is 2. The van der Waals surface area contributed by atoms with Gasteiger partial charge in [-0.15, -0.1) is 0 Å². The maximum Gasteiger partial charge on any atom is 0.251 e. The highest BCUT2D eigenvalue weighted by molar-refractivity contribution is 7.89. The standard InChI is InChI=1S/C28H30N4O5S/c1-2-26(33)31-27-17-22-12-15-32(18-25(22)37-27)38(35,36)23-9-7-21(8-10-23)28(34)30-14-11-19-5-6-20-4-3-13-29-24(20)16-19/h2-10,13,16,22,25,27H,1,11-12,14-15,17-18H2,(H,30,34)(H,31,33). The quantitative estimate of drug-likeness (QED) is 0.429. The number of fused-ring (bicyclic) bond motifs is 2. The van der Waals surface area contributed by atoms with E-state index in [1.54, 1.807) is 6.20 Å². The van der Waals surface area contributed by atoms with Gasteiger partial charge in [0.1, 0.15) is 6.23 Å². The van der Waals surface area contributed by atoms with E-state index in [0.29, 0.717) is 37.9 Å². The van der Waals surface area contributed by atoms with Gasteiger partial charge in [-0.2, -0.15) is 4.31 Å². The number of carbonyl (C=O) groups is 2. The van der Waals surface area contributed by atoms with Crippen LogP contribution in [0.3, 0.4) is 0 Å². The summed E-state index contributed by atoms with van der Waals surface area (Å²) in [7, 11) is -3.75. The van der Waals surface area contributed by atoms with Crippen molar-refractivity contribution in [1.29, 1.82) is 0 Å². The van der Waals surface area contributed by atoms with Gasteiger partial charge in [0.2, 0.25) is 15.9 Å². The number of benzene rings is 2. The number of hydrogen-bond acceptors (Lipinski definition) is 6. The zero-order valence-electron chi connectivity index (χ0n) is 20.9. The summed E-state index contributed by atoms with van der Waals surface area (Å²) >= 11 is 0. The van der Waals surface area contributed by atoms with Crippen molar-refractivity contribution in [2.45, 2.75) is 36.5 Å². The molecule has 2 N–H and O–H groups in total. The highest BCUT2D eigenvalue weighted by atomic mass is 32.2. The second kappa shape index (κ2) is 11.0. The van der Waals surface area contributed by atoms with Crippen LogP contribution in [0.25, 0.3) is 10.9 Å². The van der Waals surface area contributed by atoms with E-state index in [4.69, 9.17) is 4.74 Å². The average Bonchev–Trinajstić information content (AvgIpc) is 3.34. The smallest absolute Gasteiger partial charge is 0.251 e. The van der Waals surface area contributed by atoms with Crippen LogP contribution < -0.4 is 10.6 Å². The summed E-state index contributed by atoms with van der Waals surface area (Å²) in [5.74, 6) is -0.387. The molecule has 3 atom stereocenters. The van der Waals surface area contributed by atoms with Gasteiger partial charge in [-0.1, -0.05) is 24.8 Å². The molecule has 38 heavy (non-hydrogen) atoms. The van der Waals surface area contributed by atoms with Crippen molar-refractivity contribution in [3.8, 4) is 0 Å². The molecule has 2 aliphatic heterocycles. The van der Waals surface area contributed by atoms with E-state index in [1.165, 1.54) is 34.6 Å². The lowest BCUT2D eigenvalue weighted by molar-refractivity contribution is -0.120. The summed E-state index contributed by atoms with van der Waals surface area (Å²) in [5, 5.41) is 6.69. The van der Waals surface area contributed by atoms with Crippen LogP contribution in [0.5, 0.6) is 0 Å². The maximum atomic E-state index is 13.3. The highest BCUT2D eigenvalue weighted by Crippen LogP contribution is 2.34. The summed E-state index contributed by atoms with van der Waals surface area (Å²) in [4.78, 5) is 28.7. The maximum absolute atomic E-state index is 13.3. The number of nitrogens with one attached hydrogen (secondary N) is 2. The Labute approximate surface area is 221 Å². The minimum atomic E-state index is -3.75. The van der Waals surface area contributed by atoms with Crippen molar-refractivity contribution in [2.24, 2.45) is 5.92 Å². The van der Waals surface area contributed by atoms with Crippen molar-refractivity contribution in [3.63, 3.8) is 0 Å². The van der Waals surface area contributed by atoms with Gasteiger partial charge in [0, 0.05) is 36.8 Å². The van der Waals surface area contributed by atoms with Crippen LogP contribution in [0.15, 0.2) is 78.3 Å². The molecular formula is C28H30N4O5S. The summed E-state index contributed by atoms with van der Waals surface area (Å²) < 4.78 is 33.8. The fourth-order valence-corrected chi connectivity index (χ4v) is 6.52. The second-order valence-corrected chi connectivity index (χ2v) is 11.5. The van der Waals surface area contributed by atoms with Crippen LogP contribution in [-0.4, -0.2) is 61.5 Å². The molecule has 9 nitrogen and oxygen atoms in total. The molecule has 2 aromatic carbocycles. The number of rotatable bonds is 8. The lowest BCUT2D eigenvalue weighted by Crippen LogP contribution is -2.45. The molecule has 2 amide bonds. The molecule has 0 saturated carbocycles. The van der Waals surface area contributed by atoms with Crippen LogP contribution in [0.2, 0.25) is 0 Å². The van der Waals surface area contributed by atoms with Crippen LogP contribution in [0.1, 0.15) is 28.8 Å². The normalized spacial score (nSPS) is 21.5. The van der Waals surface area contributed by atoms with Gasteiger partial charge in [0.25, 0.3) is 5.91 Å². The zero-order chi connectivity index (χ0) is 26.7. The van der Waals surface area contributed by atoms with Crippen molar-refractivity contribution >= 4 is 32.7 Å². The Balaban J connectivity index is 1.15. The topological polar surface area (TPSA) is 118 Å². The third kappa shape index (κ3) is 5.62. The van der Waals surface area contributed by atoms with Crippen molar-refractivity contribution in [3.05, 3.63) is 84.6 Å². The fourth-order valence-electron chi connectivity index (χ4n) is 5.05. The van der Waals surface area contributed by atoms with Gasteiger partial charge in [-0.05, 0) is 73.2 Å². The molecule has 1 aromatic heterocycles. The third-order valence-corrected chi connectivity index (χ3v) is 9.01. The number of aromatic nitrogens is 1. The van der Waals surface area contributed by atoms with Crippen molar-refractivity contribution in [1.82, 2.24) is 19.9 Å². The molecular weight excluding hydrogens is 504 g/mol. The SMILES string of the molecule is C=CC(=O)NC1CC2CCN(S(=O)(=O)c3ccc(C(=O)NCCc4ccc5cccnc5c4)cc3)CC2O1. The molecule has 2 aliphatic rings. The molecule has 2 saturated heterocycles. The Hall–Kier alpha value is -3.60. The van der Waals surface area contributed by atoms with Gasteiger partial charge in [0.15, 0.2) is 0 Å². The van der Waals surface area contributed by atoms with Gasteiger partial charge < -0.3 is 15.4 Å². The van der Waals surface area contributed by atoms with Crippen LogP contribution in [0, 0.1) is 5.92 Å². The summed E-state index contributed by atoms with van der Waals surface area (Å²) in [5.41, 5.74) is 2.38. The van der Waals surface area contributed by atoms with Crippen molar-refractivity contribution in [2.75, 3.05) is 19.6 Å². The molecule has 0 spiro atoms. The molecule has 0 bridgehead atoms. The molecule has 3 aromatic rings. The molecule has 0 aliphatic carbocycles. The number of piperidine rings is 1. The van der Waals surface area contributed by atoms with Crippen molar-refractivity contribution < 1.29 is 22.7 Å². The first-order chi connectivity index (χ1) is 18.3. The van der Waals surface area contributed by atoms with E-state index in [-0.39, 0.29) is 35.3 Å². The van der Waals surface area contributed by atoms with E-state index in [9.17, 15) is 18.0 Å². The molecule has 198 valence electrons. The monoisotopic (exact) mass is 534 g/mol. The first-order valence-electron chi connectivity index (χ1n) is 12.6. The number of ether oxygens (including phenoxy) is 1. The number of carbonyl (C=O) groups excluding carboxylic acids is 2. The molecule has 3 unspecified atom stereocenters. The predicted molar refractivity (Wildman–Crippen MR) is 143 cm³/mol. The minimum absolute atomic E-state index is 0.130. The number of pyridine rings is 1. The van der Waals surface area contributed by atoms with Gasteiger partial charge >= 0.3 is 0 Å². The number of sulfonamides is 1. The van der Waals surface area contributed by atoms with E-state index in [1.807, 2.05) is 30.3 Å².